The second-order valence-electron chi connectivity index (χ2n) is 6.49. The number of aromatic hydroxyl groups is 1. The summed E-state index contributed by atoms with van der Waals surface area (Å²) in [6.07, 6.45) is 5.17. The Morgan fingerprint density at radius 1 is 1.04 bits per heavy atom. The van der Waals surface area contributed by atoms with Crippen molar-refractivity contribution in [2.24, 2.45) is 5.92 Å². The summed E-state index contributed by atoms with van der Waals surface area (Å²) < 4.78 is 0. The van der Waals surface area contributed by atoms with Crippen molar-refractivity contribution in [1.29, 1.82) is 0 Å². The molecular weight excluding hydrogens is 316 g/mol. The fourth-order valence-electron chi connectivity index (χ4n) is 3.01. The molecule has 1 saturated carbocycles. The summed E-state index contributed by atoms with van der Waals surface area (Å²) >= 11 is 0. The maximum atomic E-state index is 9.37. The minimum Gasteiger partial charge on any atom is -0.493 e. The molecule has 0 radical (unpaired) electrons. The van der Waals surface area contributed by atoms with Gasteiger partial charge >= 0.3 is 0 Å². The number of fused-ring (bicyclic) bond motifs is 1. The average molecular weight is 332 g/mol. The maximum absolute atomic E-state index is 9.37. The zero-order chi connectivity index (χ0) is 16.8. The van der Waals surface area contributed by atoms with Crippen LogP contribution >= 0.6 is 0 Å². The van der Waals surface area contributed by atoms with Gasteiger partial charge in [0.25, 0.3) is 0 Å². The van der Waals surface area contributed by atoms with Crippen molar-refractivity contribution in [3.63, 3.8) is 0 Å². The molecule has 1 aliphatic rings. The largest absolute Gasteiger partial charge is 0.493 e. The SMILES string of the molecule is Oc1ccc(-c2n[nH]c3ccc(-c4n[nH]c(CC5CC5)n4)cc23)cn1. The summed E-state index contributed by atoms with van der Waals surface area (Å²) in [6.45, 7) is 0. The van der Waals surface area contributed by atoms with Crippen molar-refractivity contribution in [2.75, 3.05) is 0 Å². The molecule has 0 atom stereocenters. The van der Waals surface area contributed by atoms with Crippen molar-refractivity contribution in [3.8, 4) is 28.5 Å². The summed E-state index contributed by atoms with van der Waals surface area (Å²) in [5, 5.41) is 25.2. The third kappa shape index (κ3) is 2.63. The maximum Gasteiger partial charge on any atom is 0.210 e. The van der Waals surface area contributed by atoms with Crippen molar-refractivity contribution >= 4 is 10.9 Å². The Labute approximate surface area is 143 Å². The second kappa shape index (κ2) is 5.41. The number of aromatic amines is 2. The lowest BCUT2D eigenvalue weighted by Crippen LogP contribution is -1.89. The summed E-state index contributed by atoms with van der Waals surface area (Å²) in [6, 6.07) is 9.35. The van der Waals surface area contributed by atoms with Crippen molar-refractivity contribution in [3.05, 3.63) is 42.4 Å². The van der Waals surface area contributed by atoms with Crippen LogP contribution in [0, 0.1) is 5.92 Å². The highest BCUT2D eigenvalue weighted by molar-refractivity contribution is 5.95. The van der Waals surface area contributed by atoms with E-state index >= 15 is 0 Å². The van der Waals surface area contributed by atoms with Gasteiger partial charge in [0.15, 0.2) is 5.82 Å². The summed E-state index contributed by atoms with van der Waals surface area (Å²) in [5.41, 5.74) is 3.50. The van der Waals surface area contributed by atoms with Gasteiger partial charge in [0.1, 0.15) is 11.5 Å². The van der Waals surface area contributed by atoms with Crippen LogP contribution in [0.3, 0.4) is 0 Å². The lowest BCUT2D eigenvalue weighted by atomic mass is 10.1. The molecule has 7 heteroatoms. The first kappa shape index (κ1) is 14.2. The zero-order valence-corrected chi connectivity index (χ0v) is 13.4. The Hall–Kier alpha value is -3.22. The number of nitrogens with one attached hydrogen (secondary N) is 2. The lowest BCUT2D eigenvalue weighted by molar-refractivity contribution is 0.453. The number of nitrogens with zero attached hydrogens (tertiary/aromatic N) is 4. The van der Waals surface area contributed by atoms with E-state index in [1.807, 2.05) is 18.2 Å². The number of rotatable bonds is 4. The number of hydrogen-bond donors (Lipinski definition) is 3. The quantitative estimate of drug-likeness (QED) is 0.533. The van der Waals surface area contributed by atoms with E-state index in [1.54, 1.807) is 18.3 Å². The van der Waals surface area contributed by atoms with Crippen LogP contribution < -0.4 is 0 Å². The Kier molecular flexibility index (Phi) is 3.06. The number of hydrogen-bond acceptors (Lipinski definition) is 5. The topological polar surface area (TPSA) is 103 Å². The van der Waals surface area contributed by atoms with Gasteiger partial charge < -0.3 is 5.11 Å². The molecule has 4 aromatic rings. The zero-order valence-electron chi connectivity index (χ0n) is 13.4. The van der Waals surface area contributed by atoms with Crippen LogP contribution in [0.1, 0.15) is 18.7 Å². The van der Waals surface area contributed by atoms with Gasteiger partial charge in [-0.05, 0) is 43.0 Å². The molecule has 3 N–H and O–H groups in total. The molecule has 124 valence electrons. The van der Waals surface area contributed by atoms with Crippen LogP contribution in [-0.2, 0) is 6.42 Å². The van der Waals surface area contributed by atoms with Gasteiger partial charge in [0.05, 0.1) is 5.52 Å². The molecule has 1 aliphatic carbocycles. The van der Waals surface area contributed by atoms with E-state index in [0.717, 1.165) is 45.9 Å². The van der Waals surface area contributed by atoms with Crippen molar-refractivity contribution < 1.29 is 5.11 Å². The Morgan fingerprint density at radius 3 is 2.72 bits per heavy atom. The van der Waals surface area contributed by atoms with Gasteiger partial charge in [0, 0.05) is 35.2 Å². The molecule has 3 aromatic heterocycles. The van der Waals surface area contributed by atoms with Gasteiger partial charge in [-0.1, -0.05) is 0 Å². The van der Waals surface area contributed by atoms with Crippen LogP contribution in [0.4, 0.5) is 0 Å². The van der Waals surface area contributed by atoms with Gasteiger partial charge in [-0.25, -0.2) is 9.97 Å². The van der Waals surface area contributed by atoms with Crippen LogP contribution in [0.2, 0.25) is 0 Å². The molecule has 0 amide bonds. The molecule has 5 rings (SSSR count). The van der Waals surface area contributed by atoms with Gasteiger partial charge in [-0.3, -0.25) is 10.2 Å². The van der Waals surface area contributed by atoms with Crippen LogP contribution in [0.5, 0.6) is 5.88 Å². The molecule has 0 saturated heterocycles. The van der Waals surface area contributed by atoms with Crippen molar-refractivity contribution in [1.82, 2.24) is 30.4 Å². The Morgan fingerprint density at radius 2 is 1.92 bits per heavy atom. The smallest absolute Gasteiger partial charge is 0.210 e. The Balaban J connectivity index is 1.55. The predicted molar refractivity (Wildman–Crippen MR) is 92.8 cm³/mol. The molecule has 3 heterocycles. The number of pyridine rings is 1. The molecule has 1 fully saturated rings. The van der Waals surface area contributed by atoms with E-state index in [-0.39, 0.29) is 5.88 Å². The normalized spacial score (nSPS) is 14.2. The number of H-pyrrole nitrogens is 2. The molecule has 0 bridgehead atoms. The highest BCUT2D eigenvalue weighted by atomic mass is 16.3. The predicted octanol–water partition coefficient (Wildman–Crippen LogP) is 3.07. The molecule has 0 unspecified atom stereocenters. The number of benzene rings is 1. The van der Waals surface area contributed by atoms with Crippen molar-refractivity contribution in [2.45, 2.75) is 19.3 Å². The average Bonchev–Trinajstić information content (AvgIpc) is 3.16. The first-order valence-electron chi connectivity index (χ1n) is 8.31. The van der Waals surface area contributed by atoms with E-state index in [0.29, 0.717) is 5.82 Å². The molecule has 1 aromatic carbocycles. The third-order valence-electron chi connectivity index (χ3n) is 4.55. The molecule has 25 heavy (non-hydrogen) atoms. The minimum absolute atomic E-state index is 0.00630. The fraction of sp³-hybridized carbons (Fsp3) is 0.222. The standard InChI is InChI=1S/C18H16N6O/c25-16-6-4-12(9-19-16)17-13-8-11(3-5-14(13)21-23-17)18-20-15(22-24-18)7-10-1-2-10/h3-6,8-10H,1-2,7H2,(H,19,25)(H,21,23)(H,20,22,24). The van der Waals surface area contributed by atoms with Gasteiger partial charge in [0.2, 0.25) is 5.88 Å². The molecular formula is C18H16N6O. The number of aromatic nitrogens is 6. The molecule has 0 aliphatic heterocycles. The second-order valence-corrected chi connectivity index (χ2v) is 6.49. The highest BCUT2D eigenvalue weighted by Crippen LogP contribution is 2.33. The van der Waals surface area contributed by atoms with E-state index < -0.39 is 0 Å². The first-order chi connectivity index (χ1) is 12.3. The lowest BCUT2D eigenvalue weighted by Gasteiger charge is -2.00. The van der Waals surface area contributed by atoms with Crippen LogP contribution in [-0.4, -0.2) is 35.5 Å². The summed E-state index contributed by atoms with van der Waals surface area (Å²) in [4.78, 5) is 8.55. The first-order valence-corrected chi connectivity index (χ1v) is 8.31. The molecule has 7 nitrogen and oxygen atoms in total. The monoisotopic (exact) mass is 332 g/mol. The molecule has 0 spiro atoms. The van der Waals surface area contributed by atoms with E-state index in [4.69, 9.17) is 0 Å². The third-order valence-corrected chi connectivity index (χ3v) is 4.55. The summed E-state index contributed by atoms with van der Waals surface area (Å²) in [7, 11) is 0. The van der Waals surface area contributed by atoms with Gasteiger partial charge in [-0.2, -0.15) is 10.2 Å². The van der Waals surface area contributed by atoms with Crippen LogP contribution in [0.15, 0.2) is 36.5 Å². The highest BCUT2D eigenvalue weighted by Gasteiger charge is 2.23. The Bertz CT molecular complexity index is 1050. The van der Waals surface area contributed by atoms with E-state index in [9.17, 15) is 5.11 Å². The van der Waals surface area contributed by atoms with Crippen LogP contribution in [0.25, 0.3) is 33.5 Å². The van der Waals surface area contributed by atoms with E-state index in [2.05, 4.69) is 30.4 Å². The van der Waals surface area contributed by atoms with Gasteiger partial charge in [-0.15, -0.1) is 0 Å². The minimum atomic E-state index is -0.00630. The van der Waals surface area contributed by atoms with E-state index in [1.165, 1.54) is 12.8 Å². The summed E-state index contributed by atoms with van der Waals surface area (Å²) in [5.74, 6) is 2.42. The fourth-order valence-corrected chi connectivity index (χ4v) is 3.01.